The maximum absolute atomic E-state index is 4.80. The number of aromatic nitrogens is 2. The molecule has 3 nitrogen and oxygen atoms in total. The molecule has 6 heteroatoms. The molecule has 4 aromatic rings. The van der Waals surface area contributed by atoms with E-state index in [9.17, 15) is 0 Å². The van der Waals surface area contributed by atoms with Gasteiger partial charge >= 0.3 is 0 Å². The van der Waals surface area contributed by atoms with Crippen LogP contribution in [0.4, 0.5) is 5.95 Å². The molecule has 0 bridgehead atoms. The van der Waals surface area contributed by atoms with Gasteiger partial charge in [-0.1, -0.05) is 18.2 Å². The van der Waals surface area contributed by atoms with Crippen LogP contribution in [0.2, 0.25) is 0 Å². The van der Waals surface area contributed by atoms with Gasteiger partial charge in [0.25, 0.3) is 0 Å². The molecule has 0 radical (unpaired) electrons. The third kappa shape index (κ3) is 2.25. The topological polar surface area (TPSA) is 29.9 Å². The van der Waals surface area contributed by atoms with E-state index in [1.807, 2.05) is 6.07 Å². The highest BCUT2D eigenvalue weighted by Crippen LogP contribution is 2.39. The third-order valence-corrected chi connectivity index (χ3v) is 6.72. The predicted octanol–water partition coefficient (Wildman–Crippen LogP) is 5.98. The number of thiophene rings is 2. The number of hydrogen-bond donors (Lipinski definition) is 1. The molecule has 5 rings (SSSR count). The van der Waals surface area contributed by atoms with E-state index in [-0.39, 0.29) is 6.04 Å². The first-order valence-electron chi connectivity index (χ1n) is 7.54. The van der Waals surface area contributed by atoms with Gasteiger partial charge in [-0.2, -0.15) is 0 Å². The number of rotatable bonds is 2. The van der Waals surface area contributed by atoms with Crippen LogP contribution in [0.1, 0.15) is 15.8 Å². The largest absolute Gasteiger partial charge is 0.324 e. The van der Waals surface area contributed by atoms with Gasteiger partial charge in [0.2, 0.25) is 5.95 Å². The van der Waals surface area contributed by atoms with Crippen LogP contribution in [0, 0.1) is 0 Å². The quantitative estimate of drug-likeness (QED) is 0.438. The van der Waals surface area contributed by atoms with Gasteiger partial charge in [-0.05, 0) is 57.7 Å². The molecule has 3 aromatic heterocycles. The van der Waals surface area contributed by atoms with Crippen molar-refractivity contribution in [3.8, 4) is 0 Å². The van der Waals surface area contributed by atoms with Gasteiger partial charge in [-0.3, -0.25) is 4.57 Å². The van der Waals surface area contributed by atoms with Gasteiger partial charge in [0, 0.05) is 4.88 Å². The molecule has 0 saturated heterocycles. The van der Waals surface area contributed by atoms with E-state index in [1.54, 1.807) is 22.7 Å². The Kier molecular flexibility index (Phi) is 3.36. The molecule has 1 aromatic carbocycles. The molecule has 1 N–H and O–H groups in total. The number of imidazole rings is 1. The first-order chi connectivity index (χ1) is 11.8. The summed E-state index contributed by atoms with van der Waals surface area (Å²) in [5.41, 5.74) is 3.29. The summed E-state index contributed by atoms with van der Waals surface area (Å²) in [4.78, 5) is 7.33. The Labute approximate surface area is 155 Å². The average Bonchev–Trinajstić information content (AvgIpc) is 3.33. The second kappa shape index (κ2) is 5.58. The summed E-state index contributed by atoms with van der Waals surface area (Å²) in [6, 6.07) is 17.0. The van der Waals surface area contributed by atoms with E-state index in [2.05, 4.69) is 79.7 Å². The number of fused-ring (bicyclic) bond motifs is 3. The first-order valence-corrected chi connectivity index (χ1v) is 10.0. The molecule has 1 aliphatic rings. The zero-order valence-corrected chi connectivity index (χ0v) is 15.7. The van der Waals surface area contributed by atoms with Crippen LogP contribution in [-0.4, -0.2) is 9.55 Å². The van der Waals surface area contributed by atoms with E-state index < -0.39 is 0 Å². The van der Waals surface area contributed by atoms with Crippen LogP contribution < -0.4 is 5.32 Å². The van der Waals surface area contributed by atoms with Crippen molar-refractivity contribution in [3.63, 3.8) is 0 Å². The van der Waals surface area contributed by atoms with Gasteiger partial charge in [0.05, 0.1) is 31.4 Å². The average molecular weight is 414 g/mol. The minimum absolute atomic E-state index is 0.157. The summed E-state index contributed by atoms with van der Waals surface area (Å²) in [5.74, 6) is 0.900. The molecule has 1 aliphatic heterocycles. The van der Waals surface area contributed by atoms with Crippen LogP contribution in [0.15, 0.2) is 63.8 Å². The van der Waals surface area contributed by atoms with Crippen molar-refractivity contribution in [3.05, 3.63) is 73.5 Å². The van der Waals surface area contributed by atoms with E-state index >= 15 is 0 Å². The molecule has 118 valence electrons. The van der Waals surface area contributed by atoms with Crippen LogP contribution in [-0.2, 0) is 0 Å². The Morgan fingerprint density at radius 2 is 2.00 bits per heavy atom. The number of benzene rings is 1. The highest BCUT2D eigenvalue weighted by molar-refractivity contribution is 9.11. The minimum Gasteiger partial charge on any atom is -0.324 e. The SMILES string of the molecule is Brc1ccc(C2=C[C@H](c3cccs3)n3c(nc4ccccc43)N2)s1. The molecule has 0 fully saturated rings. The van der Waals surface area contributed by atoms with E-state index in [0.717, 1.165) is 26.5 Å². The summed E-state index contributed by atoms with van der Waals surface area (Å²) in [6.45, 7) is 0. The molecule has 24 heavy (non-hydrogen) atoms. The fourth-order valence-electron chi connectivity index (χ4n) is 3.08. The standard InChI is InChI=1S/C18H12BrN3S2/c19-17-8-7-15(24-17)12-10-14(16-6-3-9-23-16)22-13-5-2-1-4-11(13)20-18(22)21-12/h1-10,14H,(H,20,21)/t14-/m1/s1. The van der Waals surface area contributed by atoms with Crippen molar-refractivity contribution in [2.24, 2.45) is 0 Å². The summed E-state index contributed by atoms with van der Waals surface area (Å²) < 4.78 is 3.42. The second-order valence-electron chi connectivity index (χ2n) is 5.56. The van der Waals surface area contributed by atoms with Crippen LogP contribution in [0.3, 0.4) is 0 Å². The van der Waals surface area contributed by atoms with Crippen LogP contribution >= 0.6 is 38.6 Å². The van der Waals surface area contributed by atoms with E-state index in [4.69, 9.17) is 4.98 Å². The van der Waals surface area contributed by atoms with Crippen molar-refractivity contribution in [1.29, 1.82) is 0 Å². The molecular weight excluding hydrogens is 402 g/mol. The van der Waals surface area contributed by atoms with Crippen molar-refractivity contribution >= 4 is 61.3 Å². The molecule has 0 aliphatic carbocycles. The monoisotopic (exact) mass is 413 g/mol. The maximum atomic E-state index is 4.80. The lowest BCUT2D eigenvalue weighted by molar-refractivity contribution is 0.733. The van der Waals surface area contributed by atoms with Crippen LogP contribution in [0.5, 0.6) is 0 Å². The molecule has 1 atom stereocenters. The Morgan fingerprint density at radius 3 is 2.79 bits per heavy atom. The number of nitrogens with one attached hydrogen (secondary N) is 1. The van der Waals surface area contributed by atoms with Gasteiger partial charge < -0.3 is 5.32 Å². The lowest BCUT2D eigenvalue weighted by Gasteiger charge is -2.25. The molecule has 0 unspecified atom stereocenters. The first kappa shape index (κ1) is 14.5. The number of para-hydroxylation sites is 2. The van der Waals surface area contributed by atoms with Gasteiger partial charge in [-0.25, -0.2) is 4.98 Å². The smallest absolute Gasteiger partial charge is 0.209 e. The normalized spacial score (nSPS) is 16.7. The molecular formula is C18H12BrN3S2. The van der Waals surface area contributed by atoms with E-state index in [1.165, 1.54) is 9.75 Å². The molecule has 4 heterocycles. The van der Waals surface area contributed by atoms with Crippen molar-refractivity contribution in [2.45, 2.75) is 6.04 Å². The van der Waals surface area contributed by atoms with Gasteiger partial charge in [-0.15, -0.1) is 22.7 Å². The number of allylic oxidation sites excluding steroid dienone is 1. The highest BCUT2D eigenvalue weighted by Gasteiger charge is 2.26. The lowest BCUT2D eigenvalue weighted by Crippen LogP contribution is -2.18. The summed E-state index contributed by atoms with van der Waals surface area (Å²) in [6.07, 6.45) is 2.30. The Balaban J connectivity index is 1.73. The van der Waals surface area contributed by atoms with Crippen LogP contribution in [0.25, 0.3) is 16.7 Å². The predicted molar refractivity (Wildman–Crippen MR) is 106 cm³/mol. The molecule has 0 spiro atoms. The van der Waals surface area contributed by atoms with Crippen molar-refractivity contribution < 1.29 is 0 Å². The van der Waals surface area contributed by atoms with Crippen molar-refractivity contribution in [1.82, 2.24) is 9.55 Å². The van der Waals surface area contributed by atoms with E-state index in [0.29, 0.717) is 0 Å². The Morgan fingerprint density at radius 1 is 1.08 bits per heavy atom. The second-order valence-corrected chi connectivity index (χ2v) is 9.01. The van der Waals surface area contributed by atoms with Gasteiger partial charge in [0.1, 0.15) is 0 Å². The fraction of sp³-hybridized carbons (Fsp3) is 0.0556. The number of anilines is 1. The lowest BCUT2D eigenvalue weighted by atomic mass is 10.1. The molecule has 0 amide bonds. The number of halogens is 1. The summed E-state index contributed by atoms with van der Waals surface area (Å²) >= 11 is 7.07. The number of nitrogens with zero attached hydrogens (tertiary/aromatic N) is 2. The molecule has 0 saturated carbocycles. The minimum atomic E-state index is 0.157. The summed E-state index contributed by atoms with van der Waals surface area (Å²) in [7, 11) is 0. The number of hydrogen-bond acceptors (Lipinski definition) is 4. The fourth-order valence-corrected chi connectivity index (χ4v) is 5.23. The Hall–Kier alpha value is -1.89. The zero-order chi connectivity index (χ0) is 16.1. The highest BCUT2D eigenvalue weighted by atomic mass is 79.9. The zero-order valence-electron chi connectivity index (χ0n) is 12.4. The maximum Gasteiger partial charge on any atom is 0.209 e. The van der Waals surface area contributed by atoms with Crippen molar-refractivity contribution in [2.75, 3.05) is 5.32 Å². The van der Waals surface area contributed by atoms with Gasteiger partial charge in [0.15, 0.2) is 0 Å². The third-order valence-electron chi connectivity index (χ3n) is 4.12. The summed E-state index contributed by atoms with van der Waals surface area (Å²) in [5, 5.41) is 5.65. The Bertz CT molecular complexity index is 1060.